The molecule has 1 aromatic heterocycles. The number of hydrazone groups is 1. The number of para-hydroxylation sites is 2. The fourth-order valence-electron chi connectivity index (χ4n) is 2.22. The average molecular weight is 450 g/mol. The predicted octanol–water partition coefficient (Wildman–Crippen LogP) is 3.85. The fourth-order valence-corrected chi connectivity index (χ4v) is 3.27. The van der Waals surface area contributed by atoms with Gasteiger partial charge >= 0.3 is 0 Å². The number of ether oxygens (including phenoxy) is 2. The second kappa shape index (κ2) is 8.92. The number of halogens is 1. The third-order valence-electron chi connectivity index (χ3n) is 3.50. The average Bonchev–Trinajstić information content (AvgIpc) is 3.10. The number of carbonyl (C=O) groups excluding carboxylic acids is 1. The Morgan fingerprint density at radius 2 is 2.04 bits per heavy atom. The van der Waals surface area contributed by atoms with Crippen molar-refractivity contribution in [1.29, 1.82) is 0 Å². The van der Waals surface area contributed by atoms with Crippen LogP contribution in [0.15, 0.2) is 55.6 Å². The Labute approximate surface area is 168 Å². The number of methoxy groups -OCH3 is 2. The minimum atomic E-state index is -0.268. The van der Waals surface area contributed by atoms with Crippen LogP contribution in [-0.4, -0.2) is 37.1 Å². The van der Waals surface area contributed by atoms with Gasteiger partial charge in [-0.25, -0.2) is 10.4 Å². The van der Waals surface area contributed by atoms with Gasteiger partial charge in [0, 0.05) is 10.0 Å². The number of aromatic nitrogens is 1. The maximum absolute atomic E-state index is 12.0. The molecule has 27 heavy (non-hydrogen) atoms. The van der Waals surface area contributed by atoms with E-state index in [0.717, 1.165) is 15.6 Å². The van der Waals surface area contributed by atoms with Crippen LogP contribution in [0.3, 0.4) is 0 Å². The number of nitrogens with one attached hydrogen (secondary N) is 1. The van der Waals surface area contributed by atoms with Crippen molar-refractivity contribution >= 4 is 50.9 Å². The lowest BCUT2D eigenvalue weighted by Gasteiger charge is -2.09. The first-order chi connectivity index (χ1) is 13.1. The van der Waals surface area contributed by atoms with Crippen LogP contribution in [0.25, 0.3) is 11.1 Å². The van der Waals surface area contributed by atoms with E-state index in [9.17, 15) is 4.79 Å². The Morgan fingerprint density at radius 1 is 1.30 bits per heavy atom. The number of rotatable bonds is 7. The first kappa shape index (κ1) is 19.2. The van der Waals surface area contributed by atoms with Gasteiger partial charge in [0.05, 0.1) is 26.2 Å². The van der Waals surface area contributed by atoms with E-state index in [1.165, 1.54) is 18.0 Å². The quantitative estimate of drug-likeness (QED) is 0.334. The second-order valence-corrected chi connectivity index (χ2v) is 7.04. The lowest BCUT2D eigenvalue weighted by Crippen LogP contribution is -2.19. The highest BCUT2D eigenvalue weighted by molar-refractivity contribution is 9.10. The number of carbonyl (C=O) groups is 1. The Hall–Kier alpha value is -2.52. The van der Waals surface area contributed by atoms with Crippen molar-refractivity contribution < 1.29 is 18.7 Å². The third-order valence-corrected chi connectivity index (χ3v) is 5.01. The van der Waals surface area contributed by atoms with Crippen molar-refractivity contribution in [2.24, 2.45) is 5.10 Å². The molecule has 0 radical (unpaired) electrons. The standard InChI is InChI=1S/C18H16BrN3O4S/c1-24-15-7-11(12(19)8-16(15)25-2)9-20-22-17(23)10-27-18-21-13-5-3-4-6-14(13)26-18/h3-9H,10H2,1-2H3,(H,22,23)/b20-9-. The molecular formula is C18H16BrN3O4S. The number of thioether (sulfide) groups is 1. The zero-order valence-electron chi connectivity index (χ0n) is 14.6. The molecule has 0 fully saturated rings. The summed E-state index contributed by atoms with van der Waals surface area (Å²) >= 11 is 4.64. The van der Waals surface area contributed by atoms with Gasteiger partial charge in [0.1, 0.15) is 5.52 Å². The molecular weight excluding hydrogens is 434 g/mol. The van der Waals surface area contributed by atoms with Gasteiger partial charge in [-0.2, -0.15) is 5.10 Å². The number of hydrogen-bond donors (Lipinski definition) is 1. The number of nitrogens with zero attached hydrogens (tertiary/aromatic N) is 2. The highest BCUT2D eigenvalue weighted by Crippen LogP contribution is 2.32. The van der Waals surface area contributed by atoms with Gasteiger partial charge in [-0.05, 0) is 40.2 Å². The van der Waals surface area contributed by atoms with E-state index in [1.54, 1.807) is 26.4 Å². The number of benzene rings is 2. The van der Waals surface area contributed by atoms with E-state index in [2.05, 4.69) is 31.4 Å². The van der Waals surface area contributed by atoms with Gasteiger partial charge in [0.2, 0.25) is 0 Å². The van der Waals surface area contributed by atoms with Crippen LogP contribution < -0.4 is 14.9 Å². The van der Waals surface area contributed by atoms with Crippen molar-refractivity contribution in [1.82, 2.24) is 10.4 Å². The van der Waals surface area contributed by atoms with Crippen LogP contribution >= 0.6 is 27.7 Å². The maximum atomic E-state index is 12.0. The molecule has 0 saturated heterocycles. The molecule has 1 N–H and O–H groups in total. The molecule has 1 amide bonds. The largest absolute Gasteiger partial charge is 0.493 e. The summed E-state index contributed by atoms with van der Waals surface area (Å²) < 4.78 is 16.8. The Morgan fingerprint density at radius 3 is 2.78 bits per heavy atom. The minimum Gasteiger partial charge on any atom is -0.493 e. The SMILES string of the molecule is COc1cc(Br)c(/C=N\NC(=O)CSc2nc3ccccc3o2)cc1OC. The van der Waals surface area contributed by atoms with Crippen LogP contribution in [0.4, 0.5) is 0 Å². The smallest absolute Gasteiger partial charge is 0.257 e. The van der Waals surface area contributed by atoms with E-state index in [-0.39, 0.29) is 11.7 Å². The topological polar surface area (TPSA) is 86.0 Å². The molecule has 0 atom stereocenters. The highest BCUT2D eigenvalue weighted by Gasteiger charge is 2.10. The fraction of sp³-hybridized carbons (Fsp3) is 0.167. The summed E-state index contributed by atoms with van der Waals surface area (Å²) in [5.41, 5.74) is 4.66. The van der Waals surface area contributed by atoms with Gasteiger partial charge in [-0.1, -0.05) is 23.9 Å². The number of oxazole rings is 1. The molecule has 7 nitrogen and oxygen atoms in total. The van der Waals surface area contributed by atoms with Crippen molar-refractivity contribution in [3.8, 4) is 11.5 Å². The third kappa shape index (κ3) is 4.81. The molecule has 0 aliphatic carbocycles. The Balaban J connectivity index is 1.57. The molecule has 0 spiro atoms. The van der Waals surface area contributed by atoms with E-state index < -0.39 is 0 Å². The summed E-state index contributed by atoms with van der Waals surface area (Å²) in [6.07, 6.45) is 1.52. The van der Waals surface area contributed by atoms with Crippen LogP contribution in [0.1, 0.15) is 5.56 Å². The lowest BCUT2D eigenvalue weighted by atomic mass is 10.2. The summed E-state index contributed by atoms with van der Waals surface area (Å²) in [4.78, 5) is 16.3. The van der Waals surface area contributed by atoms with Crippen LogP contribution in [0.5, 0.6) is 11.5 Å². The molecule has 140 valence electrons. The molecule has 9 heteroatoms. The molecule has 3 aromatic rings. The molecule has 0 saturated carbocycles. The summed E-state index contributed by atoms with van der Waals surface area (Å²) in [6.45, 7) is 0. The molecule has 0 aliphatic rings. The summed E-state index contributed by atoms with van der Waals surface area (Å²) in [7, 11) is 3.12. The number of amides is 1. The number of hydrogen-bond acceptors (Lipinski definition) is 7. The first-order valence-electron chi connectivity index (χ1n) is 7.82. The Kier molecular flexibility index (Phi) is 6.36. The molecule has 2 aromatic carbocycles. The van der Waals surface area contributed by atoms with Gasteiger partial charge in [0.15, 0.2) is 17.1 Å². The Bertz CT molecular complexity index is 957. The minimum absolute atomic E-state index is 0.136. The summed E-state index contributed by atoms with van der Waals surface area (Å²) in [5, 5.41) is 4.42. The van der Waals surface area contributed by atoms with Crippen LogP contribution in [0, 0.1) is 0 Å². The van der Waals surface area contributed by atoms with Gasteiger partial charge < -0.3 is 13.9 Å². The molecule has 0 aliphatic heterocycles. The van der Waals surface area contributed by atoms with Crippen molar-refractivity contribution in [2.45, 2.75) is 5.22 Å². The predicted molar refractivity (Wildman–Crippen MR) is 108 cm³/mol. The monoisotopic (exact) mass is 449 g/mol. The zero-order chi connectivity index (χ0) is 19.2. The molecule has 1 heterocycles. The van der Waals surface area contributed by atoms with E-state index in [0.29, 0.717) is 22.3 Å². The van der Waals surface area contributed by atoms with E-state index in [4.69, 9.17) is 13.9 Å². The summed E-state index contributed by atoms with van der Waals surface area (Å²) in [5.74, 6) is 1.03. The lowest BCUT2D eigenvalue weighted by molar-refractivity contribution is -0.118. The van der Waals surface area contributed by atoms with Gasteiger partial charge in [0.25, 0.3) is 11.1 Å². The van der Waals surface area contributed by atoms with E-state index in [1.807, 2.05) is 24.3 Å². The van der Waals surface area contributed by atoms with Gasteiger partial charge in [-0.15, -0.1) is 0 Å². The normalized spacial score (nSPS) is 11.1. The van der Waals surface area contributed by atoms with Crippen LogP contribution in [0.2, 0.25) is 0 Å². The van der Waals surface area contributed by atoms with Crippen molar-refractivity contribution in [2.75, 3.05) is 20.0 Å². The van der Waals surface area contributed by atoms with Crippen molar-refractivity contribution in [3.63, 3.8) is 0 Å². The van der Waals surface area contributed by atoms with Crippen LogP contribution in [-0.2, 0) is 4.79 Å². The summed E-state index contributed by atoms with van der Waals surface area (Å²) in [6, 6.07) is 11.0. The van der Waals surface area contributed by atoms with Gasteiger partial charge in [-0.3, -0.25) is 4.79 Å². The molecule has 0 unspecified atom stereocenters. The van der Waals surface area contributed by atoms with E-state index >= 15 is 0 Å². The maximum Gasteiger partial charge on any atom is 0.257 e. The van der Waals surface area contributed by atoms with Crippen molar-refractivity contribution in [3.05, 3.63) is 46.4 Å². The molecule has 3 rings (SSSR count). The second-order valence-electron chi connectivity index (χ2n) is 5.26. The zero-order valence-corrected chi connectivity index (χ0v) is 17.0. The highest BCUT2D eigenvalue weighted by atomic mass is 79.9. The number of fused-ring (bicyclic) bond motifs is 1. The first-order valence-corrected chi connectivity index (χ1v) is 9.60. The molecule has 0 bridgehead atoms.